The third-order valence-electron chi connectivity index (χ3n) is 6.08. The molecule has 0 radical (unpaired) electrons. The summed E-state index contributed by atoms with van der Waals surface area (Å²) in [5, 5.41) is 13.6. The number of ether oxygens (including phenoxy) is 1. The molecular formula is C30H19BrF3N3O4. The summed E-state index contributed by atoms with van der Waals surface area (Å²) in [6.45, 7) is 0.199. The van der Waals surface area contributed by atoms with Crippen LogP contribution < -0.4 is 10.3 Å². The molecule has 1 heterocycles. The number of carbonyl (C=O) groups is 1. The van der Waals surface area contributed by atoms with Crippen LogP contribution in [0.3, 0.4) is 0 Å². The third kappa shape index (κ3) is 6.20. The number of rotatable bonds is 7. The zero-order valence-electron chi connectivity index (χ0n) is 21.0. The average Bonchev–Trinajstić information content (AvgIpc) is 2.96. The van der Waals surface area contributed by atoms with Gasteiger partial charge in [-0.25, -0.2) is 9.78 Å². The molecule has 11 heteroatoms. The van der Waals surface area contributed by atoms with E-state index in [1.54, 1.807) is 54.6 Å². The summed E-state index contributed by atoms with van der Waals surface area (Å²) < 4.78 is 47.6. The second kappa shape index (κ2) is 11.4. The summed E-state index contributed by atoms with van der Waals surface area (Å²) in [5.74, 6) is -0.538. The highest BCUT2D eigenvalue weighted by molar-refractivity contribution is 9.10. The molecule has 0 unspecified atom stereocenters. The van der Waals surface area contributed by atoms with Gasteiger partial charge < -0.3 is 9.84 Å². The van der Waals surface area contributed by atoms with Crippen LogP contribution in [0, 0.1) is 0 Å². The fraction of sp³-hybridized carbons (Fsp3) is 0.0667. The van der Waals surface area contributed by atoms with Crippen molar-refractivity contribution < 1.29 is 27.8 Å². The maximum atomic E-state index is 13.4. The minimum atomic E-state index is -4.57. The first-order chi connectivity index (χ1) is 19.6. The Hall–Kier alpha value is -4.77. The predicted molar refractivity (Wildman–Crippen MR) is 151 cm³/mol. The molecule has 0 amide bonds. The molecule has 1 N–H and O–H groups in total. The molecule has 0 saturated carbocycles. The Labute approximate surface area is 239 Å². The van der Waals surface area contributed by atoms with Crippen molar-refractivity contribution in [1.82, 2.24) is 9.66 Å². The van der Waals surface area contributed by atoms with Gasteiger partial charge in [0.05, 0.1) is 32.7 Å². The normalized spacial score (nSPS) is 11.7. The fourth-order valence-corrected chi connectivity index (χ4v) is 4.51. The summed E-state index contributed by atoms with van der Waals surface area (Å²) in [6, 6.07) is 22.5. The van der Waals surface area contributed by atoms with Crippen molar-refractivity contribution in [2.24, 2.45) is 5.10 Å². The number of carboxylic acid groups (broad SMARTS) is 1. The Bertz CT molecular complexity index is 1850. The number of hydrogen-bond acceptors (Lipinski definition) is 5. The highest BCUT2D eigenvalue weighted by Crippen LogP contribution is 2.32. The van der Waals surface area contributed by atoms with Crippen LogP contribution in [-0.2, 0) is 12.8 Å². The Morgan fingerprint density at radius 2 is 1.76 bits per heavy atom. The molecule has 0 aliphatic rings. The van der Waals surface area contributed by atoms with E-state index in [1.165, 1.54) is 30.5 Å². The zero-order valence-corrected chi connectivity index (χ0v) is 22.6. The van der Waals surface area contributed by atoms with E-state index in [0.717, 1.165) is 22.4 Å². The number of aromatic carboxylic acids is 1. The van der Waals surface area contributed by atoms with Crippen LogP contribution in [0.5, 0.6) is 5.75 Å². The van der Waals surface area contributed by atoms with Gasteiger partial charge in [-0.3, -0.25) is 4.79 Å². The van der Waals surface area contributed by atoms with E-state index in [9.17, 15) is 22.8 Å². The molecule has 5 rings (SSSR count). The maximum Gasteiger partial charge on any atom is 0.416 e. The first kappa shape index (κ1) is 27.8. The first-order valence-corrected chi connectivity index (χ1v) is 12.9. The van der Waals surface area contributed by atoms with Gasteiger partial charge in [0.15, 0.2) is 5.82 Å². The van der Waals surface area contributed by atoms with Gasteiger partial charge in [0.2, 0.25) is 0 Å². The van der Waals surface area contributed by atoms with Gasteiger partial charge in [-0.15, -0.1) is 0 Å². The second-order valence-corrected chi connectivity index (χ2v) is 9.73. The van der Waals surface area contributed by atoms with Crippen molar-refractivity contribution in [3.63, 3.8) is 0 Å². The van der Waals surface area contributed by atoms with Crippen molar-refractivity contribution in [1.29, 1.82) is 0 Å². The summed E-state index contributed by atoms with van der Waals surface area (Å²) in [4.78, 5) is 28.8. The maximum absolute atomic E-state index is 13.4. The minimum Gasteiger partial charge on any atom is -0.488 e. The van der Waals surface area contributed by atoms with E-state index in [1.807, 2.05) is 0 Å². The van der Waals surface area contributed by atoms with Crippen molar-refractivity contribution in [2.45, 2.75) is 12.8 Å². The fourth-order valence-electron chi connectivity index (χ4n) is 4.00. The van der Waals surface area contributed by atoms with E-state index in [-0.39, 0.29) is 28.9 Å². The molecule has 206 valence electrons. The van der Waals surface area contributed by atoms with E-state index in [0.29, 0.717) is 21.3 Å². The van der Waals surface area contributed by atoms with Crippen LogP contribution in [0.4, 0.5) is 13.2 Å². The number of benzene rings is 4. The zero-order chi connectivity index (χ0) is 29.1. The molecule has 41 heavy (non-hydrogen) atoms. The van der Waals surface area contributed by atoms with Crippen LogP contribution in [0.25, 0.3) is 22.3 Å². The molecule has 0 aliphatic heterocycles. The smallest absolute Gasteiger partial charge is 0.416 e. The number of carboxylic acids is 1. The third-order valence-corrected chi connectivity index (χ3v) is 6.70. The predicted octanol–water partition coefficient (Wildman–Crippen LogP) is 7.00. The number of nitrogens with zero attached hydrogens (tertiary/aromatic N) is 3. The summed E-state index contributed by atoms with van der Waals surface area (Å²) in [5.41, 5.74) is 0.537. The Morgan fingerprint density at radius 3 is 2.46 bits per heavy atom. The van der Waals surface area contributed by atoms with E-state index >= 15 is 0 Å². The monoisotopic (exact) mass is 621 g/mol. The van der Waals surface area contributed by atoms with Crippen molar-refractivity contribution in [3.8, 4) is 17.1 Å². The molecule has 0 atom stereocenters. The van der Waals surface area contributed by atoms with E-state index < -0.39 is 23.3 Å². The van der Waals surface area contributed by atoms with Crippen LogP contribution >= 0.6 is 15.9 Å². The van der Waals surface area contributed by atoms with Gasteiger partial charge >= 0.3 is 12.1 Å². The van der Waals surface area contributed by atoms with Gasteiger partial charge in [0.25, 0.3) is 5.56 Å². The summed E-state index contributed by atoms with van der Waals surface area (Å²) >= 11 is 3.45. The van der Waals surface area contributed by atoms with Crippen LogP contribution in [0.1, 0.15) is 27.0 Å². The van der Waals surface area contributed by atoms with Gasteiger partial charge in [0.1, 0.15) is 12.4 Å². The van der Waals surface area contributed by atoms with Gasteiger partial charge in [0, 0.05) is 5.56 Å². The first-order valence-electron chi connectivity index (χ1n) is 12.1. The lowest BCUT2D eigenvalue weighted by Crippen LogP contribution is -2.20. The number of fused-ring (bicyclic) bond motifs is 1. The molecule has 0 saturated heterocycles. The average molecular weight is 622 g/mol. The molecular weight excluding hydrogens is 603 g/mol. The number of halogens is 4. The molecule has 7 nitrogen and oxygen atoms in total. The van der Waals surface area contributed by atoms with Crippen LogP contribution in [0.15, 0.2) is 105 Å². The van der Waals surface area contributed by atoms with Gasteiger partial charge in [-0.05, 0) is 81.7 Å². The lowest BCUT2D eigenvalue weighted by molar-refractivity contribution is -0.137. The molecule has 0 spiro atoms. The lowest BCUT2D eigenvalue weighted by Gasteiger charge is -2.12. The molecule has 0 fully saturated rings. The van der Waals surface area contributed by atoms with E-state index in [4.69, 9.17) is 9.84 Å². The number of aromatic nitrogens is 2. The van der Waals surface area contributed by atoms with Crippen LogP contribution in [0.2, 0.25) is 0 Å². The molecule has 5 aromatic rings. The molecule has 4 aromatic carbocycles. The van der Waals surface area contributed by atoms with Crippen molar-refractivity contribution in [2.75, 3.05) is 0 Å². The highest BCUT2D eigenvalue weighted by atomic mass is 79.9. The lowest BCUT2D eigenvalue weighted by atomic mass is 10.1. The number of para-hydroxylation sites is 1. The molecule has 0 bridgehead atoms. The minimum absolute atomic E-state index is 0.0380. The largest absolute Gasteiger partial charge is 0.488 e. The standard InChI is InChI=1S/C30H19BrF3N3O4/c31-24-14-19(10-13-26(24)41-17-18-8-11-20(12-9-18)29(39)40)16-35-37-27(21-4-3-5-22(15-21)30(32,33)34)36-25-7-2-1-6-23(25)28(37)38/h1-16H,17H2,(H,39,40). The molecule has 1 aromatic heterocycles. The van der Waals surface area contributed by atoms with Crippen molar-refractivity contribution >= 4 is 39.0 Å². The topological polar surface area (TPSA) is 93.8 Å². The summed E-state index contributed by atoms with van der Waals surface area (Å²) in [7, 11) is 0. The highest BCUT2D eigenvalue weighted by Gasteiger charge is 2.31. The number of alkyl halides is 3. The quantitative estimate of drug-likeness (QED) is 0.197. The van der Waals surface area contributed by atoms with Crippen LogP contribution in [-0.4, -0.2) is 27.0 Å². The number of hydrogen-bond donors (Lipinski definition) is 1. The Kier molecular flexibility index (Phi) is 7.71. The van der Waals surface area contributed by atoms with Gasteiger partial charge in [-0.2, -0.15) is 22.9 Å². The Morgan fingerprint density at radius 1 is 1.00 bits per heavy atom. The van der Waals surface area contributed by atoms with Crippen molar-refractivity contribution in [3.05, 3.63) is 128 Å². The SMILES string of the molecule is O=C(O)c1ccc(COc2ccc(C=Nn3c(-c4cccc(C(F)(F)F)c4)nc4ccccc4c3=O)cc2Br)cc1. The summed E-state index contributed by atoms with van der Waals surface area (Å²) in [6.07, 6.45) is -3.17. The second-order valence-electron chi connectivity index (χ2n) is 8.87. The Balaban J connectivity index is 1.45. The molecule has 0 aliphatic carbocycles. The van der Waals surface area contributed by atoms with Gasteiger partial charge in [-0.1, -0.05) is 36.4 Å². The van der Waals surface area contributed by atoms with E-state index in [2.05, 4.69) is 26.0 Å².